The predicted molar refractivity (Wildman–Crippen MR) is 77.8 cm³/mol. The molecular weight excluding hydrogens is 238 g/mol. The van der Waals surface area contributed by atoms with Crippen molar-refractivity contribution in [3.63, 3.8) is 0 Å². The molecule has 2 atom stereocenters. The van der Waals surface area contributed by atoms with E-state index in [2.05, 4.69) is 25.9 Å². The number of anilines is 1. The number of likely N-dealkylation sites (tertiary alicyclic amines) is 1. The summed E-state index contributed by atoms with van der Waals surface area (Å²) in [7, 11) is 4.15. The van der Waals surface area contributed by atoms with E-state index < -0.39 is 0 Å². The second kappa shape index (κ2) is 5.61. The highest BCUT2D eigenvalue weighted by molar-refractivity contribution is 5.79. The molecule has 0 aliphatic carbocycles. The Morgan fingerprint density at radius 1 is 1.42 bits per heavy atom. The summed E-state index contributed by atoms with van der Waals surface area (Å²) in [5.41, 5.74) is 7.45. The lowest BCUT2D eigenvalue weighted by Crippen LogP contribution is -2.36. The van der Waals surface area contributed by atoms with E-state index in [9.17, 15) is 4.79 Å². The van der Waals surface area contributed by atoms with Gasteiger partial charge in [-0.25, -0.2) is 0 Å². The topological polar surface area (TPSA) is 49.6 Å². The average Bonchev–Trinajstić information content (AvgIpc) is 2.71. The second-order valence-electron chi connectivity index (χ2n) is 5.73. The maximum atomic E-state index is 12.3. The van der Waals surface area contributed by atoms with E-state index in [4.69, 9.17) is 5.73 Å². The summed E-state index contributed by atoms with van der Waals surface area (Å²) < 4.78 is 0. The molecule has 1 aromatic carbocycles. The zero-order valence-corrected chi connectivity index (χ0v) is 12.0. The number of rotatable bonds is 3. The van der Waals surface area contributed by atoms with E-state index in [1.165, 1.54) is 0 Å². The number of amides is 1. The summed E-state index contributed by atoms with van der Waals surface area (Å²) in [6.45, 7) is 3.89. The lowest BCUT2D eigenvalue weighted by molar-refractivity contribution is -0.129. The number of nitrogen functional groups attached to an aromatic ring is 1. The van der Waals surface area contributed by atoms with E-state index in [1.54, 1.807) is 0 Å². The average molecular weight is 261 g/mol. The Bertz CT molecular complexity index is 458. The molecule has 2 rings (SSSR count). The van der Waals surface area contributed by atoms with Gasteiger partial charge in [0.25, 0.3) is 0 Å². The SMILES string of the molecule is CC1CN(C(=O)Cc2cccc(N)c2)CC1N(C)C. The fourth-order valence-corrected chi connectivity index (χ4v) is 2.81. The molecule has 1 aliphatic rings. The maximum Gasteiger partial charge on any atom is 0.227 e. The third-order valence-corrected chi connectivity index (χ3v) is 3.90. The number of likely N-dealkylation sites (N-methyl/N-ethyl adjacent to an activating group) is 1. The fraction of sp³-hybridized carbons (Fsp3) is 0.533. The number of carbonyl (C=O) groups is 1. The van der Waals surface area contributed by atoms with Gasteiger partial charge in [-0.15, -0.1) is 0 Å². The van der Waals surface area contributed by atoms with Crippen LogP contribution in [0.4, 0.5) is 5.69 Å². The number of benzene rings is 1. The third kappa shape index (κ3) is 3.26. The zero-order chi connectivity index (χ0) is 14.0. The van der Waals surface area contributed by atoms with Gasteiger partial charge in [-0.05, 0) is 37.7 Å². The highest BCUT2D eigenvalue weighted by Crippen LogP contribution is 2.21. The van der Waals surface area contributed by atoms with Crippen LogP contribution in [0.1, 0.15) is 12.5 Å². The quantitative estimate of drug-likeness (QED) is 0.832. The molecule has 0 saturated carbocycles. The van der Waals surface area contributed by atoms with E-state index in [-0.39, 0.29) is 5.91 Å². The number of nitrogens with two attached hydrogens (primary N) is 1. The van der Waals surface area contributed by atoms with Crippen molar-refractivity contribution in [3.8, 4) is 0 Å². The Morgan fingerprint density at radius 3 is 2.74 bits per heavy atom. The Labute approximate surface area is 115 Å². The summed E-state index contributed by atoms with van der Waals surface area (Å²) in [5.74, 6) is 0.724. The monoisotopic (exact) mass is 261 g/mol. The van der Waals surface area contributed by atoms with Crippen molar-refractivity contribution < 1.29 is 4.79 Å². The van der Waals surface area contributed by atoms with Crippen LogP contribution in [-0.2, 0) is 11.2 Å². The number of carbonyl (C=O) groups excluding carboxylic acids is 1. The molecule has 0 radical (unpaired) electrons. The minimum atomic E-state index is 0.196. The molecular formula is C15H23N3O. The van der Waals surface area contributed by atoms with Gasteiger partial charge in [-0.3, -0.25) is 4.79 Å². The normalized spacial score (nSPS) is 23.1. The molecule has 2 unspecified atom stereocenters. The van der Waals surface area contributed by atoms with Crippen LogP contribution in [0.2, 0.25) is 0 Å². The summed E-state index contributed by atoms with van der Waals surface area (Å²) in [6.07, 6.45) is 0.442. The predicted octanol–water partition coefficient (Wildman–Crippen LogP) is 1.22. The molecule has 1 fully saturated rings. The van der Waals surface area contributed by atoms with Gasteiger partial charge in [0.2, 0.25) is 5.91 Å². The molecule has 19 heavy (non-hydrogen) atoms. The van der Waals surface area contributed by atoms with Crippen LogP contribution in [0.15, 0.2) is 24.3 Å². The van der Waals surface area contributed by atoms with Crippen molar-refractivity contribution in [1.29, 1.82) is 0 Å². The number of hydrogen-bond donors (Lipinski definition) is 1. The van der Waals surface area contributed by atoms with Crippen LogP contribution in [0.5, 0.6) is 0 Å². The van der Waals surface area contributed by atoms with Crippen LogP contribution in [0.3, 0.4) is 0 Å². The minimum absolute atomic E-state index is 0.196. The van der Waals surface area contributed by atoms with Crippen molar-refractivity contribution in [2.75, 3.05) is 32.9 Å². The first-order valence-corrected chi connectivity index (χ1v) is 6.76. The number of hydrogen-bond acceptors (Lipinski definition) is 3. The first-order chi connectivity index (χ1) is 8.97. The Kier molecular flexibility index (Phi) is 4.10. The fourth-order valence-electron chi connectivity index (χ4n) is 2.81. The van der Waals surface area contributed by atoms with E-state index >= 15 is 0 Å². The molecule has 104 valence electrons. The summed E-state index contributed by atoms with van der Waals surface area (Å²) >= 11 is 0. The Hall–Kier alpha value is -1.55. The van der Waals surface area contributed by atoms with Gasteiger partial charge >= 0.3 is 0 Å². The van der Waals surface area contributed by atoms with Gasteiger partial charge in [0.05, 0.1) is 6.42 Å². The largest absolute Gasteiger partial charge is 0.399 e. The molecule has 0 aromatic heterocycles. The standard InChI is InChI=1S/C15H23N3O/c1-11-9-18(10-14(11)17(2)3)15(19)8-12-5-4-6-13(16)7-12/h4-7,11,14H,8-10,16H2,1-3H3. The van der Waals surface area contributed by atoms with Crippen LogP contribution >= 0.6 is 0 Å². The van der Waals surface area contributed by atoms with Crippen molar-refractivity contribution >= 4 is 11.6 Å². The summed E-state index contributed by atoms with van der Waals surface area (Å²) in [5, 5.41) is 0. The van der Waals surface area contributed by atoms with Crippen molar-refractivity contribution in [2.24, 2.45) is 5.92 Å². The Morgan fingerprint density at radius 2 is 2.16 bits per heavy atom. The highest BCUT2D eigenvalue weighted by atomic mass is 16.2. The molecule has 2 N–H and O–H groups in total. The van der Waals surface area contributed by atoms with E-state index in [0.717, 1.165) is 18.7 Å². The smallest absolute Gasteiger partial charge is 0.227 e. The van der Waals surface area contributed by atoms with E-state index in [1.807, 2.05) is 29.2 Å². The van der Waals surface area contributed by atoms with Crippen LogP contribution < -0.4 is 5.73 Å². The highest BCUT2D eigenvalue weighted by Gasteiger charge is 2.33. The van der Waals surface area contributed by atoms with Gasteiger partial charge in [0.1, 0.15) is 0 Å². The van der Waals surface area contributed by atoms with Gasteiger partial charge < -0.3 is 15.5 Å². The first kappa shape index (κ1) is 13.9. The molecule has 4 heteroatoms. The number of nitrogens with zero attached hydrogens (tertiary/aromatic N) is 2. The second-order valence-corrected chi connectivity index (χ2v) is 5.73. The third-order valence-electron chi connectivity index (χ3n) is 3.90. The van der Waals surface area contributed by atoms with Gasteiger partial charge in [-0.1, -0.05) is 19.1 Å². The molecule has 1 amide bonds. The molecule has 4 nitrogen and oxygen atoms in total. The first-order valence-electron chi connectivity index (χ1n) is 6.76. The van der Waals surface area contributed by atoms with Gasteiger partial charge in [0.15, 0.2) is 0 Å². The summed E-state index contributed by atoms with van der Waals surface area (Å²) in [6, 6.07) is 8.03. The van der Waals surface area contributed by atoms with Crippen molar-refractivity contribution in [1.82, 2.24) is 9.80 Å². The van der Waals surface area contributed by atoms with E-state index in [0.29, 0.717) is 24.1 Å². The van der Waals surface area contributed by atoms with Gasteiger partial charge in [0, 0.05) is 24.8 Å². The van der Waals surface area contributed by atoms with Crippen molar-refractivity contribution in [3.05, 3.63) is 29.8 Å². The lowest BCUT2D eigenvalue weighted by atomic mass is 10.1. The minimum Gasteiger partial charge on any atom is -0.399 e. The van der Waals surface area contributed by atoms with Crippen molar-refractivity contribution in [2.45, 2.75) is 19.4 Å². The molecule has 1 aromatic rings. The zero-order valence-electron chi connectivity index (χ0n) is 12.0. The molecule has 0 spiro atoms. The van der Waals surface area contributed by atoms with Crippen LogP contribution in [-0.4, -0.2) is 48.9 Å². The van der Waals surface area contributed by atoms with Crippen LogP contribution in [0.25, 0.3) is 0 Å². The molecule has 0 bridgehead atoms. The Balaban J connectivity index is 1.98. The molecule has 1 heterocycles. The van der Waals surface area contributed by atoms with Gasteiger partial charge in [-0.2, -0.15) is 0 Å². The lowest BCUT2D eigenvalue weighted by Gasteiger charge is -2.22. The maximum absolute atomic E-state index is 12.3. The summed E-state index contributed by atoms with van der Waals surface area (Å²) in [4.78, 5) is 16.5. The molecule has 1 aliphatic heterocycles. The molecule has 1 saturated heterocycles. The van der Waals surface area contributed by atoms with Crippen LogP contribution in [0, 0.1) is 5.92 Å².